The third-order valence-corrected chi connectivity index (χ3v) is 7.58. The van der Waals surface area contributed by atoms with Gasteiger partial charge in [0.1, 0.15) is 5.60 Å². The van der Waals surface area contributed by atoms with Crippen molar-refractivity contribution >= 4 is 5.97 Å². The summed E-state index contributed by atoms with van der Waals surface area (Å²) >= 11 is 0. The molecule has 3 unspecified atom stereocenters. The van der Waals surface area contributed by atoms with Crippen molar-refractivity contribution < 1.29 is 14.6 Å². The summed E-state index contributed by atoms with van der Waals surface area (Å²) < 4.78 is 6.33. The lowest BCUT2D eigenvalue weighted by Gasteiger charge is -2.59. The topological polar surface area (TPSA) is 46.5 Å². The van der Waals surface area contributed by atoms with Crippen LogP contribution in [0.25, 0.3) is 0 Å². The second-order valence-corrected chi connectivity index (χ2v) is 10.4. The minimum absolute atomic E-state index is 0.105. The summed E-state index contributed by atoms with van der Waals surface area (Å²) in [4.78, 5) is 13.4. The van der Waals surface area contributed by atoms with Crippen molar-refractivity contribution in [2.45, 2.75) is 97.7 Å². The van der Waals surface area contributed by atoms with E-state index in [2.05, 4.69) is 26.8 Å². The van der Waals surface area contributed by atoms with Crippen LogP contribution in [-0.2, 0) is 9.53 Å². The Kier molecular flexibility index (Phi) is 4.42. The highest BCUT2D eigenvalue weighted by Gasteiger charge is 2.60. The van der Waals surface area contributed by atoms with E-state index in [-0.39, 0.29) is 11.4 Å². The molecular weight excluding hydrogens is 312 g/mol. The molecule has 142 valence electrons. The number of esters is 1. The third kappa shape index (κ3) is 3.18. The van der Waals surface area contributed by atoms with Gasteiger partial charge in [0.25, 0.3) is 0 Å². The summed E-state index contributed by atoms with van der Waals surface area (Å²) in [6, 6.07) is 0. The zero-order valence-corrected chi connectivity index (χ0v) is 16.9. The average Bonchev–Trinajstić information content (AvgIpc) is 2.42. The number of rotatable bonds is 5. The van der Waals surface area contributed by atoms with E-state index >= 15 is 0 Å². The fourth-order valence-electron chi connectivity index (χ4n) is 6.03. The molecule has 0 aromatic rings. The molecule has 1 N–H and O–H groups in total. The predicted molar refractivity (Wildman–Crippen MR) is 100 cm³/mol. The van der Waals surface area contributed by atoms with Crippen LogP contribution >= 0.6 is 0 Å². The largest absolute Gasteiger partial charge is 0.458 e. The number of hydrogen-bond donors (Lipinski definition) is 1. The molecule has 4 rings (SSSR count). The first-order valence-electron chi connectivity index (χ1n) is 10.0. The molecule has 25 heavy (non-hydrogen) atoms. The molecule has 0 aliphatic heterocycles. The Bertz CT molecular complexity index is 570. The van der Waals surface area contributed by atoms with E-state index in [1.165, 1.54) is 6.42 Å². The summed E-state index contributed by atoms with van der Waals surface area (Å²) in [7, 11) is 0. The second kappa shape index (κ2) is 5.84. The molecule has 4 fully saturated rings. The highest BCUT2D eigenvalue weighted by Crippen LogP contribution is 2.59. The number of carbonyl (C=O) groups is 1. The highest BCUT2D eigenvalue weighted by molar-refractivity contribution is 5.80. The van der Waals surface area contributed by atoms with Crippen molar-refractivity contribution in [2.75, 3.05) is 0 Å². The Hall–Kier alpha value is -0.830. The van der Waals surface area contributed by atoms with Gasteiger partial charge in [0.05, 0.1) is 11.0 Å². The molecule has 0 amide bonds. The maximum absolute atomic E-state index is 13.4. The van der Waals surface area contributed by atoms with Crippen LogP contribution in [0.2, 0.25) is 0 Å². The van der Waals surface area contributed by atoms with E-state index in [0.29, 0.717) is 18.3 Å². The fourth-order valence-corrected chi connectivity index (χ4v) is 6.03. The summed E-state index contributed by atoms with van der Waals surface area (Å²) in [6.07, 6.45) is 8.51. The molecular formula is C22H36O3. The molecule has 0 saturated heterocycles. The fraction of sp³-hybridized carbons (Fsp3) is 0.864. The van der Waals surface area contributed by atoms with E-state index < -0.39 is 16.6 Å². The number of ether oxygens (including phenoxy) is 1. The van der Waals surface area contributed by atoms with Crippen LogP contribution in [0.3, 0.4) is 0 Å². The molecule has 4 aliphatic rings. The van der Waals surface area contributed by atoms with Crippen LogP contribution in [0.1, 0.15) is 86.5 Å². The number of carbonyl (C=O) groups excluding carboxylic acids is 1. The highest BCUT2D eigenvalue weighted by atomic mass is 16.6. The summed E-state index contributed by atoms with van der Waals surface area (Å²) in [5.41, 5.74) is -0.716. The van der Waals surface area contributed by atoms with Crippen LogP contribution in [0, 0.1) is 22.7 Å². The Morgan fingerprint density at radius 1 is 1.16 bits per heavy atom. The lowest BCUT2D eigenvalue weighted by molar-refractivity contribution is -0.227. The normalized spacial score (nSPS) is 39.0. The van der Waals surface area contributed by atoms with Gasteiger partial charge >= 0.3 is 5.97 Å². The number of aliphatic hydroxyl groups is 1. The summed E-state index contributed by atoms with van der Waals surface area (Å²) in [5, 5.41) is 10.9. The van der Waals surface area contributed by atoms with Crippen molar-refractivity contribution in [3.63, 3.8) is 0 Å². The van der Waals surface area contributed by atoms with Gasteiger partial charge in [0.15, 0.2) is 0 Å². The molecule has 4 aliphatic carbocycles. The van der Waals surface area contributed by atoms with Gasteiger partial charge in [-0.1, -0.05) is 32.4 Å². The Labute approximate surface area is 153 Å². The Morgan fingerprint density at radius 3 is 2.16 bits per heavy atom. The van der Waals surface area contributed by atoms with Crippen LogP contribution in [0.5, 0.6) is 0 Å². The van der Waals surface area contributed by atoms with E-state index in [4.69, 9.17) is 4.74 Å². The van der Waals surface area contributed by atoms with Crippen molar-refractivity contribution in [1.82, 2.24) is 0 Å². The molecule has 0 radical (unpaired) electrons. The maximum Gasteiger partial charge on any atom is 0.316 e. The van der Waals surface area contributed by atoms with Gasteiger partial charge in [-0.15, -0.1) is 0 Å². The molecule has 4 bridgehead atoms. The molecule has 3 atom stereocenters. The lowest BCUT2D eigenvalue weighted by atomic mass is 9.52. The Morgan fingerprint density at radius 2 is 1.72 bits per heavy atom. The molecule has 0 heterocycles. The van der Waals surface area contributed by atoms with Crippen molar-refractivity contribution in [2.24, 2.45) is 22.7 Å². The van der Waals surface area contributed by atoms with Gasteiger partial charge in [-0.3, -0.25) is 4.79 Å². The monoisotopic (exact) mass is 348 g/mol. The second-order valence-electron chi connectivity index (χ2n) is 10.4. The van der Waals surface area contributed by atoms with Crippen LogP contribution in [0.15, 0.2) is 11.6 Å². The van der Waals surface area contributed by atoms with Crippen molar-refractivity contribution in [3.05, 3.63) is 11.6 Å². The van der Waals surface area contributed by atoms with Crippen LogP contribution in [-0.4, -0.2) is 22.3 Å². The first-order valence-corrected chi connectivity index (χ1v) is 10.0. The quantitative estimate of drug-likeness (QED) is 0.560. The summed E-state index contributed by atoms with van der Waals surface area (Å²) in [5.74, 6) is 0.937. The maximum atomic E-state index is 13.4. The van der Waals surface area contributed by atoms with Gasteiger partial charge < -0.3 is 9.84 Å². The van der Waals surface area contributed by atoms with E-state index in [1.807, 2.05) is 20.8 Å². The number of hydrogen-bond acceptors (Lipinski definition) is 3. The minimum atomic E-state index is -0.646. The van der Waals surface area contributed by atoms with E-state index in [0.717, 1.165) is 37.7 Å². The zero-order chi connectivity index (χ0) is 18.7. The van der Waals surface area contributed by atoms with Crippen molar-refractivity contribution in [3.8, 4) is 0 Å². The zero-order valence-electron chi connectivity index (χ0n) is 16.9. The minimum Gasteiger partial charge on any atom is -0.458 e. The lowest BCUT2D eigenvalue weighted by Crippen LogP contribution is -2.61. The van der Waals surface area contributed by atoms with Gasteiger partial charge in [-0.05, 0) is 76.5 Å². The first-order chi connectivity index (χ1) is 11.4. The van der Waals surface area contributed by atoms with Gasteiger partial charge in [0, 0.05) is 6.42 Å². The SMILES string of the molecule is CCC(C)(C)C(C)(C=C(C)C)C(=O)OC12CC3CC(CC(O)(C3)C1)C2. The van der Waals surface area contributed by atoms with Crippen LogP contribution in [0.4, 0.5) is 0 Å². The number of allylic oxidation sites excluding steroid dienone is 1. The first kappa shape index (κ1) is 18.9. The smallest absolute Gasteiger partial charge is 0.316 e. The molecule has 0 aromatic heterocycles. The van der Waals surface area contributed by atoms with E-state index in [9.17, 15) is 9.90 Å². The van der Waals surface area contributed by atoms with Crippen molar-refractivity contribution in [1.29, 1.82) is 0 Å². The average molecular weight is 349 g/mol. The van der Waals surface area contributed by atoms with Gasteiger partial charge in [-0.2, -0.15) is 0 Å². The van der Waals surface area contributed by atoms with Gasteiger partial charge in [-0.25, -0.2) is 0 Å². The van der Waals surface area contributed by atoms with Crippen LogP contribution < -0.4 is 0 Å². The summed E-state index contributed by atoms with van der Waals surface area (Å²) in [6.45, 7) is 12.6. The van der Waals surface area contributed by atoms with Gasteiger partial charge in [0.2, 0.25) is 0 Å². The molecule has 0 spiro atoms. The molecule has 3 heteroatoms. The molecule has 3 nitrogen and oxygen atoms in total. The Balaban J connectivity index is 1.88. The standard InChI is InChI=1S/C22H36O3/c1-7-19(4,5)20(6,9-15(2)3)18(23)25-22-12-16-8-17(13-22)11-21(24,10-16)14-22/h9,16-17,24H,7-8,10-14H2,1-6H3. The molecule has 0 aromatic carbocycles. The van der Waals surface area contributed by atoms with E-state index in [1.54, 1.807) is 0 Å². The predicted octanol–water partition coefficient (Wildman–Crippen LogP) is 5.02. The third-order valence-electron chi connectivity index (χ3n) is 7.58. The molecule has 4 saturated carbocycles.